The highest BCUT2D eigenvalue weighted by Crippen LogP contribution is 2.36. The molecule has 0 saturated heterocycles. The number of nitrogens with one attached hydrogen (secondary N) is 1. The highest BCUT2D eigenvalue weighted by atomic mass is 32.2. The molecule has 2 atom stereocenters. The van der Waals surface area contributed by atoms with E-state index in [-0.39, 0.29) is 17.8 Å². The zero-order valence-electron chi connectivity index (χ0n) is 27.7. The van der Waals surface area contributed by atoms with E-state index in [1.165, 1.54) is 30.3 Å². The van der Waals surface area contributed by atoms with Gasteiger partial charge in [-0.2, -0.15) is 0 Å². The maximum atomic E-state index is 14.2. The van der Waals surface area contributed by atoms with Gasteiger partial charge in [-0.05, 0) is 77.8 Å². The van der Waals surface area contributed by atoms with Crippen molar-refractivity contribution in [2.45, 2.75) is 58.1 Å². The van der Waals surface area contributed by atoms with Gasteiger partial charge in [-0.25, -0.2) is 27.0 Å². The molecule has 0 saturated carbocycles. The number of carboxylic acids is 1. The fourth-order valence-electron chi connectivity index (χ4n) is 5.53. The minimum atomic E-state index is -3.57. The van der Waals surface area contributed by atoms with E-state index in [2.05, 4.69) is 10.3 Å². The number of aromatic nitrogens is 2. The zero-order chi connectivity index (χ0) is 35.3. The minimum Gasteiger partial charge on any atom is -0.485 e. The third-order valence-corrected chi connectivity index (χ3v) is 9.52. The predicted molar refractivity (Wildman–Crippen MR) is 179 cm³/mol. The highest BCUT2D eigenvalue weighted by molar-refractivity contribution is 7.90. The molecule has 0 spiro atoms. The van der Waals surface area contributed by atoms with Crippen LogP contribution in [0.15, 0.2) is 79.3 Å². The fourth-order valence-corrected chi connectivity index (χ4v) is 6.21. The monoisotopic (exact) mass is 681 g/mol. The van der Waals surface area contributed by atoms with Gasteiger partial charge >= 0.3 is 5.97 Å². The summed E-state index contributed by atoms with van der Waals surface area (Å²) >= 11 is 0. The second kappa shape index (κ2) is 14.7. The largest absolute Gasteiger partial charge is 0.485 e. The maximum absolute atomic E-state index is 14.2. The van der Waals surface area contributed by atoms with Crippen LogP contribution in [0.4, 0.5) is 8.78 Å². The first-order chi connectivity index (χ1) is 22.5. The van der Waals surface area contributed by atoms with Gasteiger partial charge in [0.15, 0.2) is 0 Å². The van der Waals surface area contributed by atoms with Crippen molar-refractivity contribution in [1.82, 2.24) is 14.9 Å². The van der Waals surface area contributed by atoms with Gasteiger partial charge in [-0.3, -0.25) is 4.79 Å². The first-order valence-electron chi connectivity index (χ1n) is 15.5. The molecular weight excluding hydrogens is 640 g/mol. The Bertz CT molecular complexity index is 1850. The molecule has 2 N–H and O–H groups in total. The van der Waals surface area contributed by atoms with Gasteiger partial charge in [0.05, 0.1) is 12.1 Å². The summed E-state index contributed by atoms with van der Waals surface area (Å²) in [7, 11) is -1.72. The fraction of sp³-hybridized carbons (Fsp3) is 0.361. The van der Waals surface area contributed by atoms with E-state index in [0.29, 0.717) is 36.1 Å². The van der Waals surface area contributed by atoms with E-state index in [0.717, 1.165) is 17.5 Å². The minimum absolute atomic E-state index is 0.141. The average Bonchev–Trinajstić information content (AvgIpc) is 3.41. The van der Waals surface area contributed by atoms with Crippen molar-refractivity contribution in [1.29, 1.82) is 0 Å². The van der Waals surface area contributed by atoms with Crippen LogP contribution in [0, 0.1) is 17.0 Å². The number of ether oxygens (including phenoxy) is 1. The van der Waals surface area contributed by atoms with Crippen molar-refractivity contribution in [2.24, 2.45) is 12.5 Å². The lowest BCUT2D eigenvalue weighted by Crippen LogP contribution is -2.63. The second-order valence-corrected chi connectivity index (χ2v) is 15.4. The maximum Gasteiger partial charge on any atom is 0.330 e. The Morgan fingerprint density at radius 3 is 2.15 bits per heavy atom. The lowest BCUT2D eigenvalue weighted by molar-refractivity contribution is -0.149. The van der Waals surface area contributed by atoms with Gasteiger partial charge in [0.25, 0.3) is 5.91 Å². The number of nitrogens with zero attached hydrogens (tertiary/aromatic N) is 2. The summed E-state index contributed by atoms with van der Waals surface area (Å²) in [6.45, 7) is 4.89. The van der Waals surface area contributed by atoms with Crippen LogP contribution in [0.1, 0.15) is 66.0 Å². The Morgan fingerprint density at radius 1 is 0.979 bits per heavy atom. The Labute approximate surface area is 279 Å². The number of carbonyl (C=O) groups is 2. The number of rotatable bonds is 14. The predicted octanol–water partition coefficient (Wildman–Crippen LogP) is 5.88. The molecule has 1 unspecified atom stereocenters. The molecule has 0 radical (unpaired) electrons. The summed E-state index contributed by atoms with van der Waals surface area (Å²) in [4.78, 5) is 31.2. The summed E-state index contributed by atoms with van der Waals surface area (Å²) in [6.07, 6.45) is 4.59. The van der Waals surface area contributed by atoms with E-state index in [1.54, 1.807) is 69.7 Å². The van der Waals surface area contributed by atoms with Crippen LogP contribution in [0.25, 0.3) is 0 Å². The van der Waals surface area contributed by atoms with Gasteiger partial charge < -0.3 is 19.7 Å². The quantitative estimate of drug-likeness (QED) is 0.170. The molecule has 48 heavy (non-hydrogen) atoms. The van der Waals surface area contributed by atoms with Crippen molar-refractivity contribution in [3.63, 3.8) is 0 Å². The lowest BCUT2D eigenvalue weighted by Gasteiger charge is -2.42. The summed E-state index contributed by atoms with van der Waals surface area (Å²) in [6, 6.07) is 16.9. The molecule has 4 aromatic rings. The Kier molecular flexibility index (Phi) is 11.1. The van der Waals surface area contributed by atoms with E-state index >= 15 is 0 Å². The van der Waals surface area contributed by atoms with Gasteiger partial charge in [-0.1, -0.05) is 51.1 Å². The number of aliphatic carboxylic acids is 1. The van der Waals surface area contributed by atoms with Gasteiger partial charge in [0.2, 0.25) is 0 Å². The van der Waals surface area contributed by atoms with Gasteiger partial charge in [0, 0.05) is 37.2 Å². The molecule has 0 bridgehead atoms. The molecule has 0 aliphatic heterocycles. The number of hydrogen-bond donors (Lipinski definition) is 2. The van der Waals surface area contributed by atoms with Crippen molar-refractivity contribution >= 4 is 21.7 Å². The van der Waals surface area contributed by atoms with Crippen molar-refractivity contribution in [2.75, 3.05) is 12.0 Å². The van der Waals surface area contributed by atoms with Crippen LogP contribution in [0.5, 0.6) is 5.75 Å². The van der Waals surface area contributed by atoms with Gasteiger partial charge in [0.1, 0.15) is 38.9 Å². The molecule has 9 nitrogen and oxygen atoms in total. The molecule has 0 fully saturated rings. The SMILES string of the molecule is Cn1cncc1CC(Oc1ccc(CCc2ccc(F)cc2)c(C(=O)N[C@](CCS(C)(=O)=O)(C(=O)O)C(C)(C)C)c1)c1ccc(F)cc1. The molecule has 4 rings (SSSR count). The van der Waals surface area contributed by atoms with Crippen LogP contribution in [0.3, 0.4) is 0 Å². The Morgan fingerprint density at radius 2 is 1.60 bits per heavy atom. The second-order valence-electron chi connectivity index (χ2n) is 13.1. The van der Waals surface area contributed by atoms with Crippen LogP contribution in [-0.4, -0.2) is 52.5 Å². The van der Waals surface area contributed by atoms with Gasteiger partial charge in [-0.15, -0.1) is 0 Å². The molecule has 0 aliphatic carbocycles. The van der Waals surface area contributed by atoms with Crippen LogP contribution in [0.2, 0.25) is 0 Å². The number of carbonyl (C=O) groups excluding carboxylic acids is 1. The van der Waals surface area contributed by atoms with E-state index in [4.69, 9.17) is 4.74 Å². The third kappa shape index (κ3) is 9.06. The topological polar surface area (TPSA) is 128 Å². The van der Waals surface area contributed by atoms with Crippen molar-refractivity contribution < 1.29 is 36.6 Å². The summed E-state index contributed by atoms with van der Waals surface area (Å²) in [5.74, 6) is -3.01. The third-order valence-electron chi connectivity index (χ3n) is 8.57. The lowest BCUT2D eigenvalue weighted by atomic mass is 9.71. The van der Waals surface area contributed by atoms with Crippen molar-refractivity contribution in [3.8, 4) is 5.75 Å². The standard InChI is InChI=1S/C36H41F2N3O6S/c1-35(2,3)36(34(43)44,18-19-48(5,45)46)40-33(42)31-21-30(17-12-25(31)9-6-24-7-13-27(37)14-8-24)47-32(20-29-22-39-23-41(29)4)26-10-15-28(38)16-11-26/h7-8,10-17,21-23,32H,6,9,18-20H2,1-5H3,(H,40,42)(H,43,44)/t32?,36-/m1/s1. The van der Waals surface area contributed by atoms with Crippen molar-refractivity contribution in [3.05, 3.63) is 119 Å². The molecule has 256 valence electrons. The number of amides is 1. The highest BCUT2D eigenvalue weighted by Gasteiger charge is 2.50. The molecule has 1 heterocycles. The molecule has 1 aromatic heterocycles. The first-order valence-corrected chi connectivity index (χ1v) is 17.5. The van der Waals surface area contributed by atoms with Crippen LogP contribution in [-0.2, 0) is 40.9 Å². The van der Waals surface area contributed by atoms with E-state index in [9.17, 15) is 31.9 Å². The summed E-state index contributed by atoms with van der Waals surface area (Å²) in [5.41, 5.74) is 0.0567. The van der Waals surface area contributed by atoms with Crippen LogP contribution >= 0.6 is 0 Å². The molecular formula is C36H41F2N3O6S. The molecule has 0 aliphatic rings. The molecule has 3 aromatic carbocycles. The number of aryl methyl sites for hydroxylation is 3. The van der Waals surface area contributed by atoms with E-state index < -0.39 is 50.3 Å². The summed E-state index contributed by atoms with van der Waals surface area (Å²) < 4.78 is 59.9. The normalized spacial score (nSPS) is 13.8. The van der Waals surface area contributed by atoms with Crippen LogP contribution < -0.4 is 10.1 Å². The number of imidazole rings is 1. The first kappa shape index (κ1) is 36.3. The average molecular weight is 682 g/mol. The Hall–Kier alpha value is -4.58. The molecule has 1 amide bonds. The number of sulfone groups is 1. The number of carboxylic acid groups (broad SMARTS) is 1. The Balaban J connectivity index is 1.75. The van der Waals surface area contributed by atoms with E-state index in [1.807, 2.05) is 11.6 Å². The number of benzene rings is 3. The smallest absolute Gasteiger partial charge is 0.330 e. The number of halogens is 2. The summed E-state index contributed by atoms with van der Waals surface area (Å²) in [5, 5.41) is 13.2. The molecule has 12 heteroatoms. The zero-order valence-corrected chi connectivity index (χ0v) is 28.5. The number of hydrogen-bond acceptors (Lipinski definition) is 6.